The molecular formula is C10H13N5S. The van der Waals surface area contributed by atoms with Crippen molar-refractivity contribution in [3.05, 3.63) is 16.6 Å². The molecule has 5 nitrogen and oxygen atoms in total. The Balaban J connectivity index is 1.82. The molecule has 2 aromatic rings. The summed E-state index contributed by atoms with van der Waals surface area (Å²) in [6, 6.07) is 0.759. The Labute approximate surface area is 97.3 Å². The van der Waals surface area contributed by atoms with E-state index in [1.165, 1.54) is 0 Å². The van der Waals surface area contributed by atoms with Crippen LogP contribution in [0.25, 0.3) is 11.4 Å². The summed E-state index contributed by atoms with van der Waals surface area (Å²) < 4.78 is 1.91. The molecule has 2 aromatic heterocycles. The molecule has 16 heavy (non-hydrogen) atoms. The Morgan fingerprint density at radius 2 is 2.25 bits per heavy atom. The standard InChI is InChI=1S/C10H13N5S/c1-6-12-10(5-16-6)9-4-15(14-13-9)8-2-7(11)3-8/h4-5,7-8H,2-3,11H2,1H3. The Morgan fingerprint density at radius 3 is 2.88 bits per heavy atom. The summed E-state index contributed by atoms with van der Waals surface area (Å²) >= 11 is 1.63. The number of nitrogens with two attached hydrogens (primary N) is 1. The first-order chi connectivity index (χ1) is 7.72. The van der Waals surface area contributed by atoms with Gasteiger partial charge in [0.05, 0.1) is 17.2 Å². The summed E-state index contributed by atoms with van der Waals surface area (Å²) in [4.78, 5) is 4.39. The number of aryl methyl sites for hydroxylation is 1. The average molecular weight is 235 g/mol. The third kappa shape index (κ3) is 1.64. The summed E-state index contributed by atoms with van der Waals surface area (Å²) in [5.41, 5.74) is 7.52. The van der Waals surface area contributed by atoms with Crippen LogP contribution in [-0.2, 0) is 0 Å². The number of hydrogen-bond donors (Lipinski definition) is 1. The fourth-order valence-corrected chi connectivity index (χ4v) is 2.51. The Bertz CT molecular complexity index is 497. The lowest BCUT2D eigenvalue weighted by Gasteiger charge is -2.31. The van der Waals surface area contributed by atoms with Crippen LogP contribution in [0.4, 0.5) is 0 Å². The number of rotatable bonds is 2. The van der Waals surface area contributed by atoms with Crippen LogP contribution in [0.3, 0.4) is 0 Å². The molecule has 0 unspecified atom stereocenters. The molecule has 1 aliphatic carbocycles. The van der Waals surface area contributed by atoms with Gasteiger partial charge in [0.15, 0.2) is 0 Å². The Kier molecular flexibility index (Phi) is 2.26. The van der Waals surface area contributed by atoms with Crippen LogP contribution in [0.1, 0.15) is 23.9 Å². The molecular weight excluding hydrogens is 222 g/mol. The van der Waals surface area contributed by atoms with Gasteiger partial charge in [0.1, 0.15) is 11.4 Å². The third-order valence-corrected chi connectivity index (χ3v) is 3.69. The maximum absolute atomic E-state index is 5.76. The molecule has 2 N–H and O–H groups in total. The molecule has 6 heteroatoms. The van der Waals surface area contributed by atoms with Crippen molar-refractivity contribution >= 4 is 11.3 Å². The van der Waals surface area contributed by atoms with Crippen molar-refractivity contribution in [2.45, 2.75) is 31.8 Å². The van der Waals surface area contributed by atoms with E-state index in [1.807, 2.05) is 23.2 Å². The second-order valence-electron chi connectivity index (χ2n) is 4.22. The van der Waals surface area contributed by atoms with Crippen LogP contribution >= 0.6 is 11.3 Å². The summed E-state index contributed by atoms with van der Waals surface area (Å²) in [7, 11) is 0. The second kappa shape index (κ2) is 3.64. The van der Waals surface area contributed by atoms with Gasteiger partial charge in [-0.15, -0.1) is 16.4 Å². The zero-order valence-corrected chi connectivity index (χ0v) is 9.81. The molecule has 1 fully saturated rings. The van der Waals surface area contributed by atoms with E-state index < -0.39 is 0 Å². The van der Waals surface area contributed by atoms with E-state index in [0.29, 0.717) is 12.1 Å². The van der Waals surface area contributed by atoms with Crippen LogP contribution in [0.2, 0.25) is 0 Å². The van der Waals surface area contributed by atoms with Gasteiger partial charge >= 0.3 is 0 Å². The van der Waals surface area contributed by atoms with Crippen molar-refractivity contribution in [1.82, 2.24) is 20.0 Å². The van der Waals surface area contributed by atoms with Crippen molar-refractivity contribution in [2.24, 2.45) is 5.73 Å². The molecule has 0 atom stereocenters. The first-order valence-electron chi connectivity index (χ1n) is 5.32. The summed E-state index contributed by atoms with van der Waals surface area (Å²) in [5.74, 6) is 0. The van der Waals surface area contributed by atoms with Gasteiger partial charge in [-0.25, -0.2) is 9.67 Å². The molecule has 0 radical (unpaired) electrons. The number of nitrogens with zero attached hydrogens (tertiary/aromatic N) is 4. The predicted molar refractivity (Wildman–Crippen MR) is 62.1 cm³/mol. The topological polar surface area (TPSA) is 69.6 Å². The van der Waals surface area contributed by atoms with E-state index in [-0.39, 0.29) is 0 Å². The highest BCUT2D eigenvalue weighted by Crippen LogP contribution is 2.30. The summed E-state index contributed by atoms with van der Waals surface area (Å²) in [6.45, 7) is 1.99. The van der Waals surface area contributed by atoms with Crippen molar-refractivity contribution < 1.29 is 0 Å². The van der Waals surface area contributed by atoms with Crippen LogP contribution in [0.15, 0.2) is 11.6 Å². The summed E-state index contributed by atoms with van der Waals surface area (Å²) in [5, 5.41) is 11.3. The van der Waals surface area contributed by atoms with Crippen molar-refractivity contribution in [3.63, 3.8) is 0 Å². The van der Waals surface area contributed by atoms with Gasteiger partial charge in [-0.3, -0.25) is 0 Å². The van der Waals surface area contributed by atoms with Gasteiger partial charge in [0.25, 0.3) is 0 Å². The molecule has 1 saturated carbocycles. The summed E-state index contributed by atoms with van der Waals surface area (Å²) in [6.07, 6.45) is 3.96. The van der Waals surface area contributed by atoms with Gasteiger partial charge in [-0.1, -0.05) is 5.21 Å². The number of thiazole rings is 1. The second-order valence-corrected chi connectivity index (χ2v) is 5.28. The number of hydrogen-bond acceptors (Lipinski definition) is 5. The minimum atomic E-state index is 0.333. The van der Waals surface area contributed by atoms with E-state index in [0.717, 1.165) is 29.2 Å². The predicted octanol–water partition coefficient (Wildman–Crippen LogP) is 1.37. The van der Waals surface area contributed by atoms with Gasteiger partial charge in [-0.2, -0.15) is 0 Å². The minimum Gasteiger partial charge on any atom is -0.328 e. The number of aromatic nitrogens is 4. The Hall–Kier alpha value is -1.27. The van der Waals surface area contributed by atoms with Crippen molar-refractivity contribution in [1.29, 1.82) is 0 Å². The SMILES string of the molecule is Cc1nc(-c2cn(C3CC(N)C3)nn2)cs1. The molecule has 1 aliphatic rings. The molecule has 84 valence electrons. The van der Waals surface area contributed by atoms with Gasteiger partial charge in [0, 0.05) is 11.4 Å². The molecule has 0 saturated heterocycles. The zero-order chi connectivity index (χ0) is 11.1. The highest BCUT2D eigenvalue weighted by Gasteiger charge is 2.28. The van der Waals surface area contributed by atoms with Crippen LogP contribution in [0.5, 0.6) is 0 Å². The largest absolute Gasteiger partial charge is 0.328 e. The van der Waals surface area contributed by atoms with E-state index >= 15 is 0 Å². The first-order valence-corrected chi connectivity index (χ1v) is 6.20. The smallest absolute Gasteiger partial charge is 0.132 e. The molecule has 0 aromatic carbocycles. The maximum Gasteiger partial charge on any atom is 0.132 e. The molecule has 0 aliphatic heterocycles. The minimum absolute atomic E-state index is 0.333. The highest BCUT2D eigenvalue weighted by atomic mass is 32.1. The maximum atomic E-state index is 5.76. The van der Waals surface area contributed by atoms with Crippen LogP contribution in [-0.4, -0.2) is 26.0 Å². The molecule has 3 rings (SSSR count). The molecule has 0 amide bonds. The van der Waals surface area contributed by atoms with Crippen molar-refractivity contribution in [3.8, 4) is 11.4 Å². The quantitative estimate of drug-likeness (QED) is 0.853. The highest BCUT2D eigenvalue weighted by molar-refractivity contribution is 7.09. The first kappa shape index (κ1) is 9.92. The zero-order valence-electron chi connectivity index (χ0n) is 9.00. The fourth-order valence-electron chi connectivity index (χ4n) is 1.90. The van der Waals surface area contributed by atoms with Gasteiger partial charge < -0.3 is 5.73 Å². The van der Waals surface area contributed by atoms with E-state index in [9.17, 15) is 0 Å². The van der Waals surface area contributed by atoms with E-state index in [4.69, 9.17) is 5.73 Å². The normalized spacial score (nSPS) is 24.4. The monoisotopic (exact) mass is 235 g/mol. The van der Waals surface area contributed by atoms with Crippen LogP contribution < -0.4 is 5.73 Å². The van der Waals surface area contributed by atoms with Gasteiger partial charge in [-0.05, 0) is 19.8 Å². The van der Waals surface area contributed by atoms with E-state index in [1.54, 1.807) is 11.3 Å². The van der Waals surface area contributed by atoms with Gasteiger partial charge in [0.2, 0.25) is 0 Å². The molecule has 2 heterocycles. The average Bonchev–Trinajstić information content (AvgIpc) is 2.81. The van der Waals surface area contributed by atoms with E-state index in [2.05, 4.69) is 15.3 Å². The lowest BCUT2D eigenvalue weighted by molar-refractivity contribution is 0.243. The molecule has 0 spiro atoms. The third-order valence-electron chi connectivity index (χ3n) is 2.92. The molecule has 0 bridgehead atoms. The van der Waals surface area contributed by atoms with Crippen LogP contribution in [0, 0.1) is 6.92 Å². The Morgan fingerprint density at radius 1 is 1.44 bits per heavy atom. The van der Waals surface area contributed by atoms with Crippen molar-refractivity contribution in [2.75, 3.05) is 0 Å². The fraction of sp³-hybridized carbons (Fsp3) is 0.500. The lowest BCUT2D eigenvalue weighted by atomic mass is 9.88. The lowest BCUT2D eigenvalue weighted by Crippen LogP contribution is -2.37.